The van der Waals surface area contributed by atoms with Crippen molar-refractivity contribution in [2.75, 3.05) is 69.6 Å². The molecule has 6 rings (SSSR count). The first-order valence-corrected chi connectivity index (χ1v) is 13.9. The van der Waals surface area contributed by atoms with E-state index in [1.807, 2.05) is 23.4 Å². The molecule has 0 unspecified atom stereocenters. The molecule has 2 aliphatic heterocycles. The lowest BCUT2D eigenvalue weighted by atomic mass is 9.96. The van der Waals surface area contributed by atoms with E-state index in [0.717, 1.165) is 97.4 Å². The van der Waals surface area contributed by atoms with Gasteiger partial charge in [0.15, 0.2) is 0 Å². The highest BCUT2D eigenvalue weighted by molar-refractivity contribution is 7.21. The molecule has 10 heteroatoms. The minimum Gasteiger partial charge on any atom is -0.368 e. The third kappa shape index (κ3) is 4.77. The van der Waals surface area contributed by atoms with Crippen molar-refractivity contribution < 1.29 is 4.79 Å². The molecule has 0 bridgehead atoms. The van der Waals surface area contributed by atoms with Crippen molar-refractivity contribution in [3.63, 3.8) is 0 Å². The Hall–Kier alpha value is -2.82. The van der Waals surface area contributed by atoms with Crippen molar-refractivity contribution in [1.29, 1.82) is 0 Å². The fourth-order valence-corrected chi connectivity index (χ4v) is 6.73. The van der Waals surface area contributed by atoms with E-state index in [2.05, 4.69) is 43.5 Å². The summed E-state index contributed by atoms with van der Waals surface area (Å²) in [5.74, 6) is 1.80. The lowest BCUT2D eigenvalue weighted by Crippen LogP contribution is -2.47. The van der Waals surface area contributed by atoms with Gasteiger partial charge in [0, 0.05) is 57.9 Å². The van der Waals surface area contributed by atoms with E-state index >= 15 is 0 Å². The van der Waals surface area contributed by atoms with Crippen LogP contribution in [0.15, 0.2) is 24.5 Å². The van der Waals surface area contributed by atoms with Crippen molar-refractivity contribution in [1.82, 2.24) is 30.1 Å². The number of thiophene rings is 1. The van der Waals surface area contributed by atoms with Crippen LogP contribution < -0.4 is 15.5 Å². The molecule has 0 aromatic carbocycles. The van der Waals surface area contributed by atoms with Gasteiger partial charge < -0.3 is 25.3 Å². The summed E-state index contributed by atoms with van der Waals surface area (Å²) >= 11 is 1.56. The third-order valence-electron chi connectivity index (χ3n) is 7.68. The molecule has 3 aromatic heterocycles. The number of nitrogens with zero attached hydrogens (tertiary/aromatic N) is 6. The Balaban J connectivity index is 1.27. The van der Waals surface area contributed by atoms with Crippen molar-refractivity contribution in [2.24, 2.45) is 0 Å². The van der Waals surface area contributed by atoms with Crippen LogP contribution in [-0.2, 0) is 0 Å². The second kappa shape index (κ2) is 10.3. The molecule has 190 valence electrons. The maximum absolute atomic E-state index is 13.6. The number of amides is 1. The Morgan fingerprint density at radius 1 is 1.03 bits per heavy atom. The molecule has 5 heterocycles. The van der Waals surface area contributed by atoms with Crippen molar-refractivity contribution in [2.45, 2.75) is 31.6 Å². The molecule has 2 N–H and O–H groups in total. The van der Waals surface area contributed by atoms with Gasteiger partial charge in [-0.05, 0) is 37.9 Å². The molecule has 3 aliphatic rings. The minimum absolute atomic E-state index is 0.160. The smallest absolute Gasteiger partial charge is 0.264 e. The van der Waals surface area contributed by atoms with Crippen LogP contribution >= 0.6 is 11.3 Å². The number of nitrogens with one attached hydrogen (secondary N) is 2. The molecular weight excluding hydrogens is 472 g/mol. The minimum atomic E-state index is 0.160. The van der Waals surface area contributed by atoms with Gasteiger partial charge in [0.05, 0.1) is 33.2 Å². The van der Waals surface area contributed by atoms with Gasteiger partial charge in [-0.25, -0.2) is 15.0 Å². The van der Waals surface area contributed by atoms with Gasteiger partial charge in [0.1, 0.15) is 5.82 Å². The van der Waals surface area contributed by atoms with Gasteiger partial charge in [-0.15, -0.1) is 11.3 Å². The molecule has 1 amide bonds. The van der Waals surface area contributed by atoms with Gasteiger partial charge in [-0.1, -0.05) is 12.8 Å². The van der Waals surface area contributed by atoms with Crippen LogP contribution in [-0.4, -0.2) is 90.1 Å². The maximum atomic E-state index is 13.6. The average Bonchev–Trinajstić information content (AvgIpc) is 3.57. The number of carbonyl (C=O) groups is 1. The second-order valence-corrected chi connectivity index (χ2v) is 11.1. The molecule has 3 aromatic rings. The van der Waals surface area contributed by atoms with Crippen LogP contribution in [0.4, 0.5) is 17.5 Å². The predicted molar refractivity (Wildman–Crippen MR) is 145 cm³/mol. The van der Waals surface area contributed by atoms with E-state index in [1.165, 1.54) is 12.8 Å². The number of hydrogen-bond donors (Lipinski definition) is 2. The van der Waals surface area contributed by atoms with Crippen LogP contribution in [0.5, 0.6) is 0 Å². The number of hydrogen-bond acceptors (Lipinski definition) is 9. The summed E-state index contributed by atoms with van der Waals surface area (Å²) in [6, 6.07) is 4.08. The van der Waals surface area contributed by atoms with Gasteiger partial charge >= 0.3 is 0 Å². The molecular formula is C26H34N8OS. The van der Waals surface area contributed by atoms with Gasteiger partial charge in [-0.3, -0.25) is 4.79 Å². The summed E-state index contributed by atoms with van der Waals surface area (Å²) in [5.41, 5.74) is 3.20. The van der Waals surface area contributed by atoms with Crippen LogP contribution in [0, 0.1) is 0 Å². The summed E-state index contributed by atoms with van der Waals surface area (Å²) in [4.78, 5) is 35.3. The second-order valence-electron chi connectivity index (χ2n) is 10.1. The number of likely N-dealkylation sites (N-methyl/N-ethyl adjacent to an activating group) is 1. The van der Waals surface area contributed by atoms with Crippen molar-refractivity contribution in [3.05, 3.63) is 35.0 Å². The SMILES string of the molecule is CN1CCN(C(=O)c2sc3cnc(Nc4ccc(N5CCNCC5)cn4)nc3c2C2CCCC2)CC1. The number of fused-ring (bicyclic) bond motifs is 1. The largest absolute Gasteiger partial charge is 0.368 e. The van der Waals surface area contributed by atoms with Crippen LogP contribution in [0.3, 0.4) is 0 Å². The van der Waals surface area contributed by atoms with Crippen molar-refractivity contribution in [3.8, 4) is 0 Å². The fraction of sp³-hybridized carbons (Fsp3) is 0.538. The summed E-state index contributed by atoms with van der Waals surface area (Å²) in [6.07, 6.45) is 8.44. The number of carbonyl (C=O) groups excluding carboxylic acids is 1. The fourth-order valence-electron chi connectivity index (χ4n) is 5.56. The Kier molecular flexibility index (Phi) is 6.73. The summed E-state index contributed by atoms with van der Waals surface area (Å²) < 4.78 is 0.988. The molecule has 1 aliphatic carbocycles. The zero-order valence-electron chi connectivity index (χ0n) is 20.9. The molecule has 3 fully saturated rings. The van der Waals surface area contributed by atoms with Gasteiger partial charge in [-0.2, -0.15) is 0 Å². The summed E-state index contributed by atoms with van der Waals surface area (Å²) in [6.45, 7) is 7.38. The normalized spacial score (nSPS) is 19.8. The third-order valence-corrected chi connectivity index (χ3v) is 8.80. The standard InChI is InChI=1S/C26H34N8OS/c1-32-12-14-34(15-13-32)25(35)24-22(18-4-2-3-5-18)23-20(36-24)17-29-26(31-23)30-21-7-6-19(16-28-21)33-10-8-27-9-11-33/h6-7,16-18,27H,2-5,8-15H2,1H3,(H,28,29,30,31). The summed E-state index contributed by atoms with van der Waals surface area (Å²) in [7, 11) is 2.11. The molecule has 9 nitrogen and oxygen atoms in total. The maximum Gasteiger partial charge on any atom is 0.264 e. The van der Waals surface area contributed by atoms with E-state index in [0.29, 0.717) is 11.9 Å². The highest BCUT2D eigenvalue weighted by atomic mass is 32.1. The molecule has 0 spiro atoms. The monoisotopic (exact) mass is 506 g/mol. The highest BCUT2D eigenvalue weighted by Gasteiger charge is 2.31. The first-order chi connectivity index (χ1) is 17.7. The van der Waals surface area contributed by atoms with E-state index in [4.69, 9.17) is 4.98 Å². The average molecular weight is 507 g/mol. The Bertz CT molecular complexity index is 1210. The Morgan fingerprint density at radius 3 is 2.53 bits per heavy atom. The van der Waals surface area contributed by atoms with E-state index in [-0.39, 0.29) is 5.91 Å². The van der Waals surface area contributed by atoms with Crippen molar-refractivity contribution >= 4 is 44.9 Å². The van der Waals surface area contributed by atoms with Crippen LogP contribution in [0.1, 0.15) is 46.8 Å². The molecule has 2 saturated heterocycles. The van der Waals surface area contributed by atoms with Gasteiger partial charge in [0.2, 0.25) is 5.95 Å². The summed E-state index contributed by atoms with van der Waals surface area (Å²) in [5, 5.41) is 6.67. The predicted octanol–water partition coefficient (Wildman–Crippen LogP) is 3.28. The highest BCUT2D eigenvalue weighted by Crippen LogP contribution is 2.43. The van der Waals surface area contributed by atoms with E-state index in [1.54, 1.807) is 11.3 Å². The molecule has 0 radical (unpaired) electrons. The van der Waals surface area contributed by atoms with Crippen LogP contribution in [0.25, 0.3) is 10.2 Å². The van der Waals surface area contributed by atoms with Gasteiger partial charge in [0.25, 0.3) is 5.91 Å². The topological polar surface area (TPSA) is 89.5 Å². The quantitative estimate of drug-likeness (QED) is 0.545. The first-order valence-electron chi connectivity index (χ1n) is 13.1. The lowest BCUT2D eigenvalue weighted by molar-refractivity contribution is 0.0667. The first kappa shape index (κ1) is 23.6. The molecule has 36 heavy (non-hydrogen) atoms. The van der Waals surface area contributed by atoms with E-state index < -0.39 is 0 Å². The van der Waals surface area contributed by atoms with Crippen LogP contribution in [0.2, 0.25) is 0 Å². The zero-order valence-corrected chi connectivity index (χ0v) is 21.7. The number of piperazine rings is 2. The molecule has 1 saturated carbocycles. The number of aromatic nitrogens is 3. The number of pyridine rings is 1. The zero-order chi connectivity index (χ0) is 24.5. The Labute approximate surface area is 215 Å². The lowest BCUT2D eigenvalue weighted by Gasteiger charge is -2.32. The molecule has 0 atom stereocenters. The Morgan fingerprint density at radius 2 is 1.81 bits per heavy atom. The van der Waals surface area contributed by atoms with E-state index in [9.17, 15) is 4.79 Å². The number of rotatable bonds is 5. The number of anilines is 3.